The summed E-state index contributed by atoms with van der Waals surface area (Å²) in [4.78, 5) is 23.6. The van der Waals surface area contributed by atoms with Crippen molar-refractivity contribution in [3.63, 3.8) is 0 Å². The highest BCUT2D eigenvalue weighted by molar-refractivity contribution is 5.99. The van der Waals surface area contributed by atoms with E-state index in [2.05, 4.69) is 10.6 Å². The summed E-state index contributed by atoms with van der Waals surface area (Å²) in [6.45, 7) is 1.66. The van der Waals surface area contributed by atoms with Crippen molar-refractivity contribution in [3.05, 3.63) is 53.8 Å². The Bertz CT molecular complexity index is 776. The van der Waals surface area contributed by atoms with Gasteiger partial charge in [0.2, 0.25) is 5.91 Å². The molecule has 0 fully saturated rings. The number of rotatable bonds is 3. The maximum absolute atomic E-state index is 13.1. The lowest BCUT2D eigenvalue weighted by molar-refractivity contribution is -0.122. The molecule has 5 nitrogen and oxygen atoms in total. The van der Waals surface area contributed by atoms with E-state index in [0.29, 0.717) is 22.7 Å². The van der Waals surface area contributed by atoms with Crippen molar-refractivity contribution >= 4 is 23.2 Å². The average molecular weight is 314 g/mol. The maximum atomic E-state index is 13.1. The number of amides is 2. The van der Waals surface area contributed by atoms with Crippen molar-refractivity contribution in [1.82, 2.24) is 0 Å². The number of nitrogens with one attached hydrogen (secondary N) is 2. The molecule has 1 aliphatic heterocycles. The normalized spacial score (nSPS) is 16.1. The van der Waals surface area contributed by atoms with Gasteiger partial charge in [-0.25, -0.2) is 4.39 Å². The van der Waals surface area contributed by atoms with E-state index in [4.69, 9.17) is 4.74 Å². The van der Waals surface area contributed by atoms with E-state index in [9.17, 15) is 14.0 Å². The second-order valence-electron chi connectivity index (χ2n) is 5.32. The zero-order valence-corrected chi connectivity index (χ0v) is 12.4. The zero-order chi connectivity index (χ0) is 16.4. The van der Waals surface area contributed by atoms with E-state index < -0.39 is 6.10 Å². The Balaban J connectivity index is 1.70. The topological polar surface area (TPSA) is 67.4 Å². The Labute approximate surface area is 132 Å². The highest BCUT2D eigenvalue weighted by Crippen LogP contribution is 2.32. The largest absolute Gasteiger partial charge is 0.479 e. The monoisotopic (exact) mass is 314 g/mol. The van der Waals surface area contributed by atoms with Crippen LogP contribution in [0.25, 0.3) is 0 Å². The first kappa shape index (κ1) is 15.0. The van der Waals surface area contributed by atoms with Gasteiger partial charge in [0.05, 0.1) is 12.1 Å². The minimum absolute atomic E-state index is 0.0642. The van der Waals surface area contributed by atoms with Gasteiger partial charge in [0, 0.05) is 5.69 Å². The lowest BCUT2D eigenvalue weighted by atomic mass is 10.1. The highest BCUT2D eigenvalue weighted by Gasteiger charge is 2.23. The molecule has 6 heteroatoms. The SMILES string of the molecule is C[C@H]1Oc2ccc(NC(=O)Cc3cccc(F)c3)cc2NC1=O. The molecular formula is C17H15FN2O3. The fourth-order valence-electron chi connectivity index (χ4n) is 2.32. The van der Waals surface area contributed by atoms with Crippen molar-refractivity contribution in [2.24, 2.45) is 0 Å². The van der Waals surface area contributed by atoms with E-state index in [1.54, 1.807) is 37.3 Å². The molecule has 2 aromatic carbocycles. The number of carbonyl (C=O) groups excluding carboxylic acids is 2. The predicted octanol–water partition coefficient (Wildman–Crippen LogP) is 2.73. The van der Waals surface area contributed by atoms with Gasteiger partial charge in [0.1, 0.15) is 11.6 Å². The summed E-state index contributed by atoms with van der Waals surface area (Å²) in [5.41, 5.74) is 1.63. The van der Waals surface area contributed by atoms with Gasteiger partial charge >= 0.3 is 0 Å². The fraction of sp³-hybridized carbons (Fsp3) is 0.176. The number of benzene rings is 2. The molecule has 1 aliphatic rings. The second kappa shape index (κ2) is 6.08. The molecule has 2 aromatic rings. The smallest absolute Gasteiger partial charge is 0.265 e. The van der Waals surface area contributed by atoms with Gasteiger partial charge < -0.3 is 15.4 Å². The van der Waals surface area contributed by atoms with Crippen molar-refractivity contribution in [2.45, 2.75) is 19.4 Å². The number of ether oxygens (including phenoxy) is 1. The van der Waals surface area contributed by atoms with Crippen molar-refractivity contribution in [1.29, 1.82) is 0 Å². The number of carbonyl (C=O) groups is 2. The quantitative estimate of drug-likeness (QED) is 0.915. The molecule has 0 aromatic heterocycles. The van der Waals surface area contributed by atoms with Gasteiger partial charge in [0.15, 0.2) is 6.10 Å². The lowest BCUT2D eigenvalue weighted by Gasteiger charge is -2.23. The van der Waals surface area contributed by atoms with Crippen LogP contribution in [-0.4, -0.2) is 17.9 Å². The summed E-state index contributed by atoms with van der Waals surface area (Å²) in [6.07, 6.45) is -0.481. The van der Waals surface area contributed by atoms with Crippen LogP contribution in [0, 0.1) is 5.82 Å². The molecule has 0 aliphatic carbocycles. The molecule has 1 heterocycles. The number of anilines is 2. The Morgan fingerprint density at radius 2 is 2.13 bits per heavy atom. The van der Waals surface area contributed by atoms with Gasteiger partial charge in [-0.2, -0.15) is 0 Å². The Morgan fingerprint density at radius 3 is 2.91 bits per heavy atom. The molecular weight excluding hydrogens is 299 g/mol. The summed E-state index contributed by atoms with van der Waals surface area (Å²) >= 11 is 0. The van der Waals surface area contributed by atoms with Gasteiger partial charge in [-0.05, 0) is 42.8 Å². The second-order valence-corrected chi connectivity index (χ2v) is 5.32. The summed E-state index contributed by atoms with van der Waals surface area (Å²) in [5, 5.41) is 5.43. The first-order chi connectivity index (χ1) is 11.0. The predicted molar refractivity (Wildman–Crippen MR) is 83.9 cm³/mol. The van der Waals surface area contributed by atoms with E-state index in [0.717, 1.165) is 0 Å². The molecule has 3 rings (SSSR count). The van der Waals surface area contributed by atoms with Gasteiger partial charge in [-0.1, -0.05) is 12.1 Å². The molecule has 118 valence electrons. The van der Waals surface area contributed by atoms with Gasteiger partial charge in [-0.3, -0.25) is 9.59 Å². The average Bonchev–Trinajstić information content (AvgIpc) is 2.48. The summed E-state index contributed by atoms with van der Waals surface area (Å²) < 4.78 is 18.6. The third-order valence-electron chi connectivity index (χ3n) is 3.45. The molecule has 2 amide bonds. The molecule has 0 saturated carbocycles. The molecule has 23 heavy (non-hydrogen) atoms. The maximum Gasteiger partial charge on any atom is 0.265 e. The number of hydrogen-bond acceptors (Lipinski definition) is 3. The van der Waals surface area contributed by atoms with Gasteiger partial charge in [0.25, 0.3) is 5.91 Å². The van der Waals surface area contributed by atoms with Crippen molar-refractivity contribution < 1.29 is 18.7 Å². The van der Waals surface area contributed by atoms with Crippen LogP contribution >= 0.6 is 0 Å². The Kier molecular flexibility index (Phi) is 3.97. The van der Waals surface area contributed by atoms with Gasteiger partial charge in [-0.15, -0.1) is 0 Å². The number of halogens is 1. The van der Waals surface area contributed by atoms with Crippen LogP contribution in [-0.2, 0) is 16.0 Å². The molecule has 2 N–H and O–H groups in total. The van der Waals surface area contributed by atoms with Crippen LogP contribution in [0.2, 0.25) is 0 Å². The van der Waals surface area contributed by atoms with Crippen LogP contribution in [0.5, 0.6) is 5.75 Å². The van der Waals surface area contributed by atoms with E-state index >= 15 is 0 Å². The van der Waals surface area contributed by atoms with Crippen LogP contribution in [0.1, 0.15) is 12.5 Å². The molecule has 0 unspecified atom stereocenters. The van der Waals surface area contributed by atoms with Crippen LogP contribution in [0.3, 0.4) is 0 Å². The minimum Gasteiger partial charge on any atom is -0.479 e. The molecule has 0 saturated heterocycles. The Morgan fingerprint density at radius 1 is 1.30 bits per heavy atom. The van der Waals surface area contributed by atoms with E-state index in [1.807, 2.05) is 0 Å². The Hall–Kier alpha value is -2.89. The molecule has 0 spiro atoms. The van der Waals surface area contributed by atoms with Crippen LogP contribution in [0.15, 0.2) is 42.5 Å². The fourth-order valence-corrected chi connectivity index (χ4v) is 2.32. The number of fused-ring (bicyclic) bond motifs is 1. The molecule has 0 radical (unpaired) electrons. The molecule has 1 atom stereocenters. The molecule has 0 bridgehead atoms. The first-order valence-corrected chi connectivity index (χ1v) is 7.17. The summed E-state index contributed by atoms with van der Waals surface area (Å²) in [5.74, 6) is -0.328. The van der Waals surface area contributed by atoms with E-state index in [1.165, 1.54) is 12.1 Å². The summed E-state index contributed by atoms with van der Waals surface area (Å²) in [6, 6.07) is 10.9. The van der Waals surface area contributed by atoms with Crippen molar-refractivity contribution in [3.8, 4) is 5.75 Å². The minimum atomic E-state index is -0.545. The van der Waals surface area contributed by atoms with E-state index in [-0.39, 0.29) is 24.1 Å². The number of hydrogen-bond donors (Lipinski definition) is 2. The lowest BCUT2D eigenvalue weighted by Crippen LogP contribution is -2.34. The first-order valence-electron chi connectivity index (χ1n) is 7.17. The van der Waals surface area contributed by atoms with Crippen LogP contribution < -0.4 is 15.4 Å². The standard InChI is InChI=1S/C17H15FN2O3/c1-10-17(22)20-14-9-13(5-6-15(14)23-10)19-16(21)8-11-3-2-4-12(18)7-11/h2-7,9-10H,8H2,1H3,(H,19,21)(H,20,22)/t10-/m1/s1. The highest BCUT2D eigenvalue weighted by atomic mass is 19.1. The van der Waals surface area contributed by atoms with Crippen LogP contribution in [0.4, 0.5) is 15.8 Å². The third kappa shape index (κ3) is 3.48. The van der Waals surface area contributed by atoms with Crippen molar-refractivity contribution in [2.75, 3.05) is 10.6 Å². The third-order valence-corrected chi connectivity index (χ3v) is 3.45. The summed E-state index contributed by atoms with van der Waals surface area (Å²) in [7, 11) is 0. The zero-order valence-electron chi connectivity index (χ0n) is 12.4.